The number of carbonyl (C=O) groups is 1. The van der Waals surface area contributed by atoms with E-state index in [4.69, 9.17) is 5.11 Å². The maximum atomic E-state index is 10.6. The van der Waals surface area contributed by atoms with Gasteiger partial charge in [-0.2, -0.15) is 0 Å². The van der Waals surface area contributed by atoms with Crippen molar-refractivity contribution >= 4 is 23.3 Å². The van der Waals surface area contributed by atoms with Gasteiger partial charge in [0.15, 0.2) is 5.54 Å². The molecule has 1 unspecified atom stereocenters. The van der Waals surface area contributed by atoms with Gasteiger partial charge in [-0.25, -0.2) is 9.79 Å². The minimum Gasteiger partial charge on any atom is -0.479 e. The van der Waals surface area contributed by atoms with Gasteiger partial charge in [-0.1, -0.05) is 13.3 Å². The summed E-state index contributed by atoms with van der Waals surface area (Å²) in [5.74, 6) is -0.948. The van der Waals surface area contributed by atoms with Crippen molar-refractivity contribution in [3.05, 3.63) is 0 Å². The normalized spacial score (nSPS) is 14.7. The first-order valence-corrected chi connectivity index (χ1v) is 3.80. The Morgan fingerprint density at radius 1 is 1.82 bits per heavy atom. The van der Waals surface area contributed by atoms with Crippen LogP contribution in [-0.4, -0.2) is 21.8 Å². The number of nitrogens with zero attached hydrogens (tertiary/aromatic N) is 1. The number of rotatable bonds is 4. The smallest absolute Gasteiger partial charge is 0.332 e. The van der Waals surface area contributed by atoms with E-state index in [0.717, 1.165) is 6.42 Å². The van der Waals surface area contributed by atoms with Crippen molar-refractivity contribution in [2.24, 2.45) is 4.99 Å². The molecule has 0 heterocycles. The number of carboxylic acid groups (broad SMARTS) is 1. The molecule has 0 rings (SSSR count). The molecule has 0 spiro atoms. The van der Waals surface area contributed by atoms with E-state index in [1.165, 1.54) is 6.92 Å². The van der Waals surface area contributed by atoms with E-state index >= 15 is 0 Å². The van der Waals surface area contributed by atoms with E-state index in [0.29, 0.717) is 6.42 Å². The van der Waals surface area contributed by atoms with E-state index in [1.807, 2.05) is 6.92 Å². The van der Waals surface area contributed by atoms with Crippen molar-refractivity contribution in [1.82, 2.24) is 0 Å². The van der Waals surface area contributed by atoms with Gasteiger partial charge in [-0.05, 0) is 25.6 Å². The molecule has 0 fully saturated rings. The molecular formula is C7H11NO2S. The highest BCUT2D eigenvalue weighted by molar-refractivity contribution is 7.78. The average molecular weight is 173 g/mol. The topological polar surface area (TPSA) is 49.7 Å². The van der Waals surface area contributed by atoms with Gasteiger partial charge in [0.2, 0.25) is 0 Å². The number of hydrogen-bond donors (Lipinski definition) is 1. The van der Waals surface area contributed by atoms with Crippen LogP contribution in [0.1, 0.15) is 26.7 Å². The SMILES string of the molecule is CCCC(C)(N=C=S)C(=O)O. The van der Waals surface area contributed by atoms with Crippen LogP contribution in [0.2, 0.25) is 0 Å². The van der Waals surface area contributed by atoms with Gasteiger partial charge in [0.25, 0.3) is 0 Å². The number of isothiocyanates is 1. The number of thiocarbonyl (C=S) groups is 1. The minimum atomic E-state index is -1.07. The van der Waals surface area contributed by atoms with Gasteiger partial charge in [0.1, 0.15) is 0 Å². The highest BCUT2D eigenvalue weighted by atomic mass is 32.1. The van der Waals surface area contributed by atoms with Gasteiger partial charge in [-0.3, -0.25) is 0 Å². The van der Waals surface area contributed by atoms with Crippen LogP contribution in [0, 0.1) is 0 Å². The van der Waals surface area contributed by atoms with Crippen LogP contribution in [-0.2, 0) is 4.79 Å². The Labute approximate surface area is 71.1 Å². The van der Waals surface area contributed by atoms with Crippen LogP contribution in [0.3, 0.4) is 0 Å². The van der Waals surface area contributed by atoms with E-state index in [9.17, 15) is 4.79 Å². The van der Waals surface area contributed by atoms with Crippen LogP contribution < -0.4 is 0 Å². The van der Waals surface area contributed by atoms with Gasteiger partial charge in [-0.15, -0.1) is 0 Å². The maximum Gasteiger partial charge on any atom is 0.332 e. The second-order valence-corrected chi connectivity index (χ2v) is 2.71. The number of hydrogen-bond acceptors (Lipinski definition) is 3. The second kappa shape index (κ2) is 4.21. The van der Waals surface area contributed by atoms with Crippen molar-refractivity contribution in [3.8, 4) is 0 Å². The van der Waals surface area contributed by atoms with Crippen LogP contribution in [0.4, 0.5) is 0 Å². The van der Waals surface area contributed by atoms with Crippen LogP contribution in [0.15, 0.2) is 4.99 Å². The predicted octanol–water partition coefficient (Wildman–Crippen LogP) is 1.73. The number of aliphatic imine (C=N–C) groups is 1. The van der Waals surface area contributed by atoms with Crippen molar-refractivity contribution in [2.45, 2.75) is 32.2 Å². The maximum absolute atomic E-state index is 10.6. The lowest BCUT2D eigenvalue weighted by Crippen LogP contribution is -2.32. The van der Waals surface area contributed by atoms with Crippen molar-refractivity contribution in [3.63, 3.8) is 0 Å². The van der Waals surface area contributed by atoms with Crippen molar-refractivity contribution < 1.29 is 9.90 Å². The Bertz CT molecular complexity index is 195. The monoisotopic (exact) mass is 173 g/mol. The zero-order valence-electron chi connectivity index (χ0n) is 6.63. The van der Waals surface area contributed by atoms with Crippen LogP contribution in [0.5, 0.6) is 0 Å². The summed E-state index contributed by atoms with van der Waals surface area (Å²) >= 11 is 4.35. The first kappa shape index (κ1) is 10.3. The summed E-state index contributed by atoms with van der Waals surface area (Å²) in [5, 5.41) is 10.8. The zero-order valence-corrected chi connectivity index (χ0v) is 7.44. The third kappa shape index (κ3) is 2.78. The molecule has 0 aromatic carbocycles. The van der Waals surface area contributed by atoms with Gasteiger partial charge in [0.05, 0.1) is 5.16 Å². The number of aliphatic carboxylic acids is 1. The number of carboxylic acids is 1. The summed E-state index contributed by atoms with van der Waals surface area (Å²) in [4.78, 5) is 14.2. The fourth-order valence-corrected chi connectivity index (χ4v) is 1.000. The highest BCUT2D eigenvalue weighted by Crippen LogP contribution is 2.16. The van der Waals surface area contributed by atoms with Gasteiger partial charge < -0.3 is 5.11 Å². The molecule has 4 heteroatoms. The third-order valence-electron chi connectivity index (χ3n) is 1.49. The molecule has 1 N–H and O–H groups in total. The lowest BCUT2D eigenvalue weighted by Gasteiger charge is -2.16. The van der Waals surface area contributed by atoms with Gasteiger partial charge >= 0.3 is 5.97 Å². The van der Waals surface area contributed by atoms with E-state index in [1.54, 1.807) is 0 Å². The minimum absolute atomic E-state index is 0.492. The Balaban J connectivity index is 4.51. The second-order valence-electron chi connectivity index (χ2n) is 2.53. The molecule has 3 nitrogen and oxygen atoms in total. The molecule has 11 heavy (non-hydrogen) atoms. The Morgan fingerprint density at radius 2 is 2.36 bits per heavy atom. The lowest BCUT2D eigenvalue weighted by molar-refractivity contribution is -0.142. The molecule has 62 valence electrons. The Morgan fingerprint density at radius 3 is 2.64 bits per heavy atom. The molecule has 0 aromatic rings. The molecule has 0 aromatic heterocycles. The van der Waals surface area contributed by atoms with Gasteiger partial charge in [0, 0.05) is 0 Å². The quantitative estimate of drug-likeness (QED) is 0.520. The average Bonchev–Trinajstić information content (AvgIpc) is 1.88. The molecule has 0 amide bonds. The summed E-state index contributed by atoms with van der Waals surface area (Å²) in [6.45, 7) is 3.44. The largest absolute Gasteiger partial charge is 0.479 e. The molecular weight excluding hydrogens is 162 g/mol. The third-order valence-corrected chi connectivity index (χ3v) is 1.58. The van der Waals surface area contributed by atoms with E-state index < -0.39 is 11.5 Å². The fraction of sp³-hybridized carbons (Fsp3) is 0.714. The first-order valence-electron chi connectivity index (χ1n) is 3.39. The van der Waals surface area contributed by atoms with Crippen molar-refractivity contribution in [2.75, 3.05) is 0 Å². The molecule has 0 saturated heterocycles. The summed E-state index contributed by atoms with van der Waals surface area (Å²) < 4.78 is 0. The molecule has 0 radical (unpaired) electrons. The zero-order chi connectivity index (χ0) is 8.91. The molecule has 0 bridgehead atoms. The summed E-state index contributed by atoms with van der Waals surface area (Å²) in [6.07, 6.45) is 1.26. The van der Waals surface area contributed by atoms with Crippen molar-refractivity contribution in [1.29, 1.82) is 0 Å². The lowest BCUT2D eigenvalue weighted by atomic mass is 9.98. The summed E-state index contributed by atoms with van der Waals surface area (Å²) in [5.41, 5.74) is -1.07. The van der Waals surface area contributed by atoms with Crippen LogP contribution >= 0.6 is 12.2 Å². The highest BCUT2D eigenvalue weighted by Gasteiger charge is 2.30. The Hall–Kier alpha value is -0.730. The summed E-state index contributed by atoms with van der Waals surface area (Å²) in [7, 11) is 0. The molecule has 0 saturated carbocycles. The first-order chi connectivity index (χ1) is 5.06. The van der Waals surface area contributed by atoms with Crippen LogP contribution in [0.25, 0.3) is 0 Å². The van der Waals surface area contributed by atoms with E-state index in [2.05, 4.69) is 22.4 Å². The fourth-order valence-electron chi connectivity index (χ4n) is 0.798. The molecule has 0 aliphatic rings. The molecule has 0 aliphatic heterocycles. The Kier molecular flexibility index (Phi) is 3.93. The molecule has 0 aliphatic carbocycles. The summed E-state index contributed by atoms with van der Waals surface area (Å²) in [6, 6.07) is 0. The molecule has 1 atom stereocenters. The van der Waals surface area contributed by atoms with E-state index in [-0.39, 0.29) is 0 Å². The predicted molar refractivity (Wildman–Crippen MR) is 46.0 cm³/mol. The standard InChI is InChI=1S/C7H11NO2S/c1-3-4-7(2,6(9)10)8-5-11/h3-4H2,1-2H3,(H,9,10).